The summed E-state index contributed by atoms with van der Waals surface area (Å²) in [6.07, 6.45) is 13.3. The van der Waals surface area contributed by atoms with Gasteiger partial charge in [0.25, 0.3) is 0 Å². The van der Waals surface area contributed by atoms with E-state index in [2.05, 4.69) is 20.2 Å². The summed E-state index contributed by atoms with van der Waals surface area (Å²) in [5.41, 5.74) is -0.112. The highest BCUT2D eigenvalue weighted by atomic mass is 19.1. The molecule has 9 heteroatoms. The van der Waals surface area contributed by atoms with Crippen LogP contribution in [0.15, 0.2) is 67.8 Å². The number of nitrogens with zero attached hydrogens (tertiary/aromatic N) is 6. The van der Waals surface area contributed by atoms with Gasteiger partial charge in [-0.1, -0.05) is 24.3 Å². The number of rotatable bonds is 7. The molecule has 3 heterocycles. The zero-order valence-electron chi connectivity index (χ0n) is 16.7. The zero-order valence-corrected chi connectivity index (χ0v) is 16.7. The predicted molar refractivity (Wildman–Crippen MR) is 110 cm³/mol. The van der Waals surface area contributed by atoms with E-state index in [9.17, 15) is 13.9 Å². The van der Waals surface area contributed by atoms with Crippen molar-refractivity contribution < 1.29 is 13.9 Å². The molecule has 2 unspecified atom stereocenters. The summed E-state index contributed by atoms with van der Waals surface area (Å²) in [6.45, 7) is 1.61. The van der Waals surface area contributed by atoms with Gasteiger partial charge in [0.1, 0.15) is 29.9 Å². The van der Waals surface area contributed by atoms with E-state index >= 15 is 0 Å². The molecule has 3 aromatic heterocycles. The first kappa shape index (κ1) is 20.5. The summed E-state index contributed by atoms with van der Waals surface area (Å²) in [5, 5.41) is 20.0. The fourth-order valence-corrected chi connectivity index (χ4v) is 3.38. The number of hydrogen-bond donors (Lipinski definition) is 1. The van der Waals surface area contributed by atoms with Crippen LogP contribution in [-0.2, 0) is 12.1 Å². The number of pyridine rings is 1. The Kier molecular flexibility index (Phi) is 5.68. The SMILES string of the molecule is CC(n1cc(C=Cc2cccnc2)cn1)C(O)(Cn1cncn1)c1ccc(F)cc1F. The third-order valence-electron chi connectivity index (χ3n) is 5.13. The largest absolute Gasteiger partial charge is 0.381 e. The van der Waals surface area contributed by atoms with Crippen LogP contribution in [-0.4, -0.2) is 34.6 Å². The van der Waals surface area contributed by atoms with Gasteiger partial charge in [0, 0.05) is 35.8 Å². The van der Waals surface area contributed by atoms with Crippen molar-refractivity contribution in [2.45, 2.75) is 25.1 Å². The molecule has 0 bridgehead atoms. The molecule has 31 heavy (non-hydrogen) atoms. The van der Waals surface area contributed by atoms with Gasteiger partial charge >= 0.3 is 0 Å². The van der Waals surface area contributed by atoms with Crippen LogP contribution in [0.5, 0.6) is 0 Å². The lowest BCUT2D eigenvalue weighted by Gasteiger charge is -2.34. The molecule has 1 aromatic carbocycles. The van der Waals surface area contributed by atoms with Crippen LogP contribution in [0.3, 0.4) is 0 Å². The lowest BCUT2D eigenvalue weighted by molar-refractivity contribution is -0.0369. The Morgan fingerprint density at radius 2 is 1.94 bits per heavy atom. The predicted octanol–water partition coefficient (Wildman–Crippen LogP) is 3.47. The quantitative estimate of drug-likeness (QED) is 0.493. The van der Waals surface area contributed by atoms with Gasteiger partial charge in [-0.25, -0.2) is 18.4 Å². The highest BCUT2D eigenvalue weighted by Gasteiger charge is 2.40. The minimum absolute atomic E-state index is 0.0557. The molecule has 0 saturated heterocycles. The van der Waals surface area contributed by atoms with Crippen LogP contribution in [0, 0.1) is 11.6 Å². The Morgan fingerprint density at radius 3 is 2.65 bits per heavy atom. The molecule has 0 fully saturated rings. The molecule has 4 rings (SSSR count). The molecule has 0 amide bonds. The van der Waals surface area contributed by atoms with Crippen LogP contribution in [0.1, 0.15) is 29.7 Å². The lowest BCUT2D eigenvalue weighted by atomic mass is 9.86. The Bertz CT molecular complexity index is 1180. The molecule has 4 aromatic rings. The van der Waals surface area contributed by atoms with Crippen LogP contribution < -0.4 is 0 Å². The van der Waals surface area contributed by atoms with Crippen LogP contribution >= 0.6 is 0 Å². The van der Waals surface area contributed by atoms with Crippen molar-refractivity contribution in [3.05, 3.63) is 96.1 Å². The monoisotopic (exact) mass is 422 g/mol. The zero-order chi connectivity index (χ0) is 21.8. The van der Waals surface area contributed by atoms with E-state index in [1.165, 1.54) is 23.4 Å². The molecule has 2 atom stereocenters. The summed E-state index contributed by atoms with van der Waals surface area (Å²) in [5.74, 6) is -1.57. The second kappa shape index (κ2) is 8.57. The fourth-order valence-electron chi connectivity index (χ4n) is 3.38. The van der Waals surface area contributed by atoms with Gasteiger partial charge in [0.05, 0.1) is 18.8 Å². The van der Waals surface area contributed by atoms with Crippen LogP contribution in [0.4, 0.5) is 8.78 Å². The first-order chi connectivity index (χ1) is 15.0. The van der Waals surface area contributed by atoms with Gasteiger partial charge in [-0.2, -0.15) is 10.2 Å². The molecule has 158 valence electrons. The summed E-state index contributed by atoms with van der Waals surface area (Å²) >= 11 is 0. The maximum absolute atomic E-state index is 14.7. The van der Waals surface area contributed by atoms with Gasteiger partial charge in [-0.3, -0.25) is 9.67 Å². The maximum Gasteiger partial charge on any atom is 0.137 e. The Hall–Kier alpha value is -3.72. The third-order valence-corrected chi connectivity index (χ3v) is 5.13. The van der Waals surface area contributed by atoms with Crippen molar-refractivity contribution >= 4 is 12.2 Å². The summed E-state index contributed by atoms with van der Waals surface area (Å²) in [7, 11) is 0. The minimum atomic E-state index is -1.78. The second-order valence-corrected chi connectivity index (χ2v) is 7.19. The molecule has 0 spiro atoms. The number of aliphatic hydroxyl groups is 1. The molecular weight excluding hydrogens is 402 g/mol. The topological polar surface area (TPSA) is 81.6 Å². The van der Waals surface area contributed by atoms with Crippen molar-refractivity contribution in [1.29, 1.82) is 0 Å². The molecular formula is C22H20F2N6O. The molecule has 0 aliphatic carbocycles. The van der Waals surface area contributed by atoms with Crippen molar-refractivity contribution in [3.8, 4) is 0 Å². The van der Waals surface area contributed by atoms with Crippen molar-refractivity contribution in [2.24, 2.45) is 0 Å². The number of benzene rings is 1. The first-order valence-corrected chi connectivity index (χ1v) is 9.58. The molecule has 0 saturated carbocycles. The van der Waals surface area contributed by atoms with Gasteiger partial charge in [0.2, 0.25) is 0 Å². The van der Waals surface area contributed by atoms with Crippen molar-refractivity contribution in [1.82, 2.24) is 29.5 Å². The summed E-state index contributed by atoms with van der Waals surface area (Å²) in [6, 6.07) is 6.15. The van der Waals surface area contributed by atoms with Crippen molar-refractivity contribution in [2.75, 3.05) is 0 Å². The fraction of sp³-hybridized carbons (Fsp3) is 0.182. The van der Waals surface area contributed by atoms with Gasteiger partial charge in [0.15, 0.2) is 0 Å². The molecule has 0 radical (unpaired) electrons. The van der Waals surface area contributed by atoms with E-state index in [1.807, 2.05) is 24.3 Å². The van der Waals surface area contributed by atoms with Gasteiger partial charge in [-0.05, 0) is 24.6 Å². The summed E-state index contributed by atoms with van der Waals surface area (Å²) < 4.78 is 31.1. The first-order valence-electron chi connectivity index (χ1n) is 9.58. The smallest absolute Gasteiger partial charge is 0.137 e. The number of aromatic nitrogens is 6. The molecule has 0 aliphatic heterocycles. The Labute approximate surface area is 177 Å². The molecule has 1 N–H and O–H groups in total. The van der Waals surface area contributed by atoms with Gasteiger partial charge in [-0.15, -0.1) is 0 Å². The normalized spacial score (nSPS) is 14.6. The van der Waals surface area contributed by atoms with Crippen LogP contribution in [0.25, 0.3) is 12.2 Å². The summed E-state index contributed by atoms with van der Waals surface area (Å²) in [4.78, 5) is 7.94. The van der Waals surface area contributed by atoms with E-state index in [0.29, 0.717) is 0 Å². The van der Waals surface area contributed by atoms with E-state index in [1.54, 1.807) is 36.4 Å². The Morgan fingerprint density at radius 1 is 1.10 bits per heavy atom. The lowest BCUT2D eigenvalue weighted by Crippen LogP contribution is -2.40. The highest BCUT2D eigenvalue weighted by molar-refractivity contribution is 5.68. The Balaban J connectivity index is 1.67. The highest BCUT2D eigenvalue weighted by Crippen LogP contribution is 2.36. The molecule has 0 aliphatic rings. The van der Waals surface area contributed by atoms with E-state index in [-0.39, 0.29) is 12.1 Å². The average Bonchev–Trinajstić information content (AvgIpc) is 3.44. The van der Waals surface area contributed by atoms with Crippen molar-refractivity contribution in [3.63, 3.8) is 0 Å². The van der Waals surface area contributed by atoms with Crippen LogP contribution in [0.2, 0.25) is 0 Å². The molecule has 7 nitrogen and oxygen atoms in total. The standard InChI is InChI=1S/C22H20F2N6O/c1-16(30-12-18(11-27-30)5-4-17-3-2-8-25-10-17)22(31,13-29-15-26-14-28-29)20-7-6-19(23)9-21(20)24/h2-12,14-16,31H,13H2,1H3. The average molecular weight is 422 g/mol. The van der Waals surface area contributed by atoms with E-state index in [0.717, 1.165) is 23.3 Å². The minimum Gasteiger partial charge on any atom is -0.381 e. The number of hydrogen-bond acceptors (Lipinski definition) is 5. The van der Waals surface area contributed by atoms with E-state index in [4.69, 9.17) is 0 Å². The second-order valence-electron chi connectivity index (χ2n) is 7.19. The number of halogens is 2. The van der Waals surface area contributed by atoms with E-state index < -0.39 is 23.3 Å². The third kappa shape index (κ3) is 4.41. The van der Waals surface area contributed by atoms with Gasteiger partial charge < -0.3 is 5.11 Å². The maximum atomic E-state index is 14.7.